The van der Waals surface area contributed by atoms with Crippen LogP contribution in [-0.4, -0.2) is 60.1 Å². The molecule has 38 heavy (non-hydrogen) atoms. The minimum atomic E-state index is -0.739. The summed E-state index contributed by atoms with van der Waals surface area (Å²) >= 11 is 0. The molecule has 5 heterocycles. The third-order valence-electron chi connectivity index (χ3n) is 6.79. The molecule has 6 rings (SSSR count). The second kappa shape index (κ2) is 9.75. The fourth-order valence-corrected chi connectivity index (χ4v) is 4.78. The number of hydrogen-bond donors (Lipinski definition) is 1. The SMILES string of the molecule is CN1CCC(n2cnc(-c3ccc(F)cc3)c2-c2ccc3nc(NC(=O)c4ccnc(F)c4)cn3n2)CC1. The van der Waals surface area contributed by atoms with Crippen molar-refractivity contribution in [2.24, 2.45) is 0 Å². The lowest BCUT2D eigenvalue weighted by Crippen LogP contribution is -2.31. The van der Waals surface area contributed by atoms with Gasteiger partial charge in [-0.2, -0.15) is 9.49 Å². The second-order valence-corrected chi connectivity index (χ2v) is 9.36. The Morgan fingerprint density at radius 2 is 1.82 bits per heavy atom. The maximum atomic E-state index is 13.6. The van der Waals surface area contributed by atoms with Crippen LogP contribution < -0.4 is 5.32 Å². The third kappa shape index (κ3) is 4.63. The monoisotopic (exact) mass is 514 g/mol. The highest BCUT2D eigenvalue weighted by Crippen LogP contribution is 2.35. The number of likely N-dealkylation sites (tertiary alicyclic amines) is 1. The molecule has 1 fully saturated rings. The number of anilines is 1. The first-order valence-electron chi connectivity index (χ1n) is 12.3. The Balaban J connectivity index is 1.38. The maximum Gasteiger partial charge on any atom is 0.257 e. The number of aromatic nitrogens is 6. The largest absolute Gasteiger partial charge is 0.326 e. The Hall–Kier alpha value is -4.51. The summed E-state index contributed by atoms with van der Waals surface area (Å²) in [5.74, 6) is -1.28. The van der Waals surface area contributed by atoms with Crippen LogP contribution in [0.4, 0.5) is 14.6 Å². The fourth-order valence-electron chi connectivity index (χ4n) is 4.78. The van der Waals surface area contributed by atoms with Crippen LogP contribution in [0.25, 0.3) is 28.3 Å². The van der Waals surface area contributed by atoms with Gasteiger partial charge in [0.2, 0.25) is 5.95 Å². The topological polar surface area (TPSA) is 93.2 Å². The van der Waals surface area contributed by atoms with E-state index in [1.807, 2.05) is 18.5 Å². The molecule has 0 spiro atoms. The van der Waals surface area contributed by atoms with Crippen molar-refractivity contribution in [1.29, 1.82) is 0 Å². The van der Waals surface area contributed by atoms with Crippen molar-refractivity contribution in [3.8, 4) is 22.6 Å². The lowest BCUT2D eigenvalue weighted by molar-refractivity contribution is 0.102. The van der Waals surface area contributed by atoms with E-state index < -0.39 is 11.9 Å². The Bertz CT molecular complexity index is 1620. The molecule has 1 aromatic carbocycles. The minimum Gasteiger partial charge on any atom is -0.326 e. The zero-order valence-corrected chi connectivity index (χ0v) is 20.6. The van der Waals surface area contributed by atoms with Gasteiger partial charge in [0.15, 0.2) is 11.5 Å². The summed E-state index contributed by atoms with van der Waals surface area (Å²) in [4.78, 5) is 27.5. The van der Waals surface area contributed by atoms with E-state index in [0.29, 0.717) is 17.0 Å². The van der Waals surface area contributed by atoms with Gasteiger partial charge in [-0.15, -0.1) is 0 Å². The van der Waals surface area contributed by atoms with E-state index in [1.54, 1.807) is 22.8 Å². The number of piperidine rings is 1. The minimum absolute atomic E-state index is 0.133. The van der Waals surface area contributed by atoms with Gasteiger partial charge in [-0.25, -0.2) is 23.9 Å². The number of carbonyl (C=O) groups excluding carboxylic acids is 1. The van der Waals surface area contributed by atoms with Crippen LogP contribution in [0.3, 0.4) is 0 Å². The highest BCUT2D eigenvalue weighted by molar-refractivity contribution is 6.03. The molecule has 4 aromatic heterocycles. The normalized spacial score (nSPS) is 14.7. The lowest BCUT2D eigenvalue weighted by atomic mass is 10.0. The molecule has 0 unspecified atom stereocenters. The molecule has 1 amide bonds. The van der Waals surface area contributed by atoms with Gasteiger partial charge in [0.05, 0.1) is 23.9 Å². The molecule has 1 aliphatic rings. The first kappa shape index (κ1) is 23.9. The summed E-state index contributed by atoms with van der Waals surface area (Å²) < 4.78 is 30.8. The molecule has 9 nitrogen and oxygen atoms in total. The zero-order chi connectivity index (χ0) is 26.2. The van der Waals surface area contributed by atoms with Crippen molar-refractivity contribution in [2.45, 2.75) is 18.9 Å². The number of pyridine rings is 1. The summed E-state index contributed by atoms with van der Waals surface area (Å²) in [5, 5.41) is 7.47. The van der Waals surface area contributed by atoms with Gasteiger partial charge in [0.25, 0.3) is 5.91 Å². The van der Waals surface area contributed by atoms with Gasteiger partial charge in [0.1, 0.15) is 11.5 Å². The van der Waals surface area contributed by atoms with Crippen molar-refractivity contribution in [3.63, 3.8) is 0 Å². The van der Waals surface area contributed by atoms with E-state index in [1.165, 1.54) is 24.4 Å². The van der Waals surface area contributed by atoms with Crippen LogP contribution in [0.1, 0.15) is 29.2 Å². The molecule has 0 radical (unpaired) electrons. The van der Waals surface area contributed by atoms with Gasteiger partial charge >= 0.3 is 0 Å². The van der Waals surface area contributed by atoms with Crippen LogP contribution in [0, 0.1) is 11.8 Å². The van der Waals surface area contributed by atoms with Crippen LogP contribution in [-0.2, 0) is 0 Å². The van der Waals surface area contributed by atoms with E-state index >= 15 is 0 Å². The maximum absolute atomic E-state index is 13.6. The van der Waals surface area contributed by atoms with Crippen molar-refractivity contribution in [1.82, 2.24) is 34.0 Å². The van der Waals surface area contributed by atoms with Crippen molar-refractivity contribution >= 4 is 17.4 Å². The quantitative estimate of drug-likeness (QED) is 0.349. The smallest absolute Gasteiger partial charge is 0.257 e. The Morgan fingerprint density at radius 3 is 2.58 bits per heavy atom. The van der Waals surface area contributed by atoms with Crippen LogP contribution >= 0.6 is 0 Å². The first-order valence-corrected chi connectivity index (χ1v) is 12.3. The Morgan fingerprint density at radius 1 is 1.03 bits per heavy atom. The highest BCUT2D eigenvalue weighted by Gasteiger charge is 2.25. The average molecular weight is 515 g/mol. The molecule has 11 heteroatoms. The van der Waals surface area contributed by atoms with Crippen LogP contribution in [0.15, 0.2) is 67.3 Å². The molecule has 192 valence electrons. The van der Waals surface area contributed by atoms with Gasteiger partial charge < -0.3 is 14.8 Å². The van der Waals surface area contributed by atoms with E-state index in [9.17, 15) is 13.6 Å². The number of benzene rings is 1. The Kier molecular flexibility index (Phi) is 6.12. The molecule has 0 saturated carbocycles. The molecular weight excluding hydrogens is 490 g/mol. The number of carbonyl (C=O) groups is 1. The first-order chi connectivity index (χ1) is 18.4. The molecule has 1 aliphatic heterocycles. The van der Waals surface area contributed by atoms with Gasteiger partial charge in [0, 0.05) is 29.4 Å². The van der Waals surface area contributed by atoms with Crippen molar-refractivity contribution < 1.29 is 13.6 Å². The van der Waals surface area contributed by atoms with E-state index in [-0.39, 0.29) is 23.2 Å². The summed E-state index contributed by atoms with van der Waals surface area (Å²) in [6.07, 6.45) is 6.61. The summed E-state index contributed by atoms with van der Waals surface area (Å²) in [7, 11) is 2.12. The second-order valence-electron chi connectivity index (χ2n) is 9.36. The van der Waals surface area contributed by atoms with E-state index in [2.05, 4.69) is 31.8 Å². The number of imidazole rings is 2. The summed E-state index contributed by atoms with van der Waals surface area (Å²) in [5.41, 5.74) is 3.66. The molecule has 0 aliphatic carbocycles. The number of nitrogens with one attached hydrogen (secondary N) is 1. The molecule has 1 saturated heterocycles. The van der Waals surface area contributed by atoms with Crippen molar-refractivity contribution in [2.75, 3.05) is 25.5 Å². The lowest BCUT2D eigenvalue weighted by Gasteiger charge is -2.30. The van der Waals surface area contributed by atoms with E-state index in [0.717, 1.165) is 43.3 Å². The number of nitrogens with zero attached hydrogens (tertiary/aromatic N) is 7. The zero-order valence-electron chi connectivity index (χ0n) is 20.6. The fraction of sp³-hybridized carbons (Fsp3) is 0.222. The number of hydrogen-bond acceptors (Lipinski definition) is 6. The van der Waals surface area contributed by atoms with Gasteiger partial charge in [-0.3, -0.25) is 4.79 Å². The molecular formula is C27H24F2N8O. The summed E-state index contributed by atoms with van der Waals surface area (Å²) in [6, 6.07) is 12.7. The predicted octanol–water partition coefficient (Wildman–Crippen LogP) is 4.45. The predicted molar refractivity (Wildman–Crippen MR) is 138 cm³/mol. The number of amides is 1. The molecule has 0 bridgehead atoms. The van der Waals surface area contributed by atoms with Gasteiger partial charge in [-0.05, 0) is 75.4 Å². The number of fused-ring (bicyclic) bond motifs is 1. The third-order valence-corrected chi connectivity index (χ3v) is 6.79. The highest BCUT2D eigenvalue weighted by atomic mass is 19.1. The average Bonchev–Trinajstić information content (AvgIpc) is 3.53. The van der Waals surface area contributed by atoms with Crippen LogP contribution in [0.2, 0.25) is 0 Å². The van der Waals surface area contributed by atoms with Crippen LogP contribution in [0.5, 0.6) is 0 Å². The summed E-state index contributed by atoms with van der Waals surface area (Å²) in [6.45, 7) is 1.96. The molecule has 0 atom stereocenters. The number of halogens is 2. The van der Waals surface area contributed by atoms with Crippen molar-refractivity contribution in [3.05, 3.63) is 84.6 Å². The molecule has 1 N–H and O–H groups in total. The number of rotatable bonds is 5. The van der Waals surface area contributed by atoms with Gasteiger partial charge in [-0.1, -0.05) is 0 Å². The molecule has 5 aromatic rings. The Labute approximate surface area is 216 Å². The standard InChI is InChI=1S/C27H24F2N8O/c1-35-12-9-20(10-13-35)36-16-31-25(17-2-4-19(28)5-3-17)26(36)21-6-7-24-32-23(15-37(24)34-21)33-27(38)18-8-11-30-22(29)14-18/h2-8,11,14-16,20H,9-10,12-13H2,1H3,(H,33,38). The van der Waals surface area contributed by atoms with E-state index in [4.69, 9.17) is 10.1 Å².